The molecule has 1 fully saturated rings. The van der Waals surface area contributed by atoms with Crippen molar-refractivity contribution in [3.8, 4) is 0 Å². The first-order valence-corrected chi connectivity index (χ1v) is 8.45. The molecule has 1 aromatic carbocycles. The maximum atomic E-state index is 10.5. The summed E-state index contributed by atoms with van der Waals surface area (Å²) in [7, 11) is 0. The summed E-state index contributed by atoms with van der Waals surface area (Å²) in [6.45, 7) is -0.661. The predicted octanol–water partition coefficient (Wildman–Crippen LogP) is 0.763. The molecule has 0 radical (unpaired) electrons. The van der Waals surface area contributed by atoms with Crippen molar-refractivity contribution >= 4 is 40.7 Å². The van der Waals surface area contributed by atoms with Gasteiger partial charge in [0.1, 0.15) is 24.4 Å². The summed E-state index contributed by atoms with van der Waals surface area (Å²) in [6.07, 6.45) is -6.46. The molecule has 5 atom stereocenters. The second-order valence-electron chi connectivity index (χ2n) is 5.67. The van der Waals surface area contributed by atoms with Gasteiger partial charge in [-0.15, -0.1) is 0 Å². The molecule has 1 heterocycles. The first kappa shape index (κ1) is 20.7. The highest BCUT2D eigenvalue weighted by atomic mass is 35.6. The summed E-state index contributed by atoms with van der Waals surface area (Å²) in [5.41, 5.74) is 0.624. The minimum Gasteiger partial charge on any atom is -0.442 e. The molecule has 0 spiro atoms. The number of aliphatic hydroxyl groups is 4. The minimum atomic E-state index is -2.23. The molecule has 0 bridgehead atoms. The highest BCUT2D eigenvalue weighted by Crippen LogP contribution is 2.38. The molecule has 7 nitrogen and oxygen atoms in total. The Morgan fingerprint density at radius 3 is 2.28 bits per heavy atom. The fourth-order valence-electron chi connectivity index (χ4n) is 2.59. The van der Waals surface area contributed by atoms with E-state index in [0.717, 1.165) is 0 Å². The lowest BCUT2D eigenvalue weighted by Gasteiger charge is -2.48. The number of ether oxygens (including phenoxy) is 2. The molecule has 10 heteroatoms. The molecule has 5 N–H and O–H groups in total. The number of aliphatic hydroxyl groups excluding tert-OH is 4. The van der Waals surface area contributed by atoms with E-state index >= 15 is 0 Å². The maximum Gasteiger partial charge on any atom is 0.265 e. The van der Waals surface area contributed by atoms with Crippen LogP contribution in [0, 0.1) is 5.41 Å². The molecular formula is C15H18Cl3NO6. The zero-order chi connectivity index (χ0) is 18.8. The van der Waals surface area contributed by atoms with Gasteiger partial charge in [0, 0.05) is 6.42 Å². The zero-order valence-electron chi connectivity index (χ0n) is 12.8. The van der Waals surface area contributed by atoms with Gasteiger partial charge in [0.25, 0.3) is 3.79 Å². The number of benzene rings is 1. The molecule has 1 unspecified atom stereocenters. The number of nitrogens with one attached hydrogen (secondary N) is 1. The third kappa shape index (κ3) is 4.56. The largest absolute Gasteiger partial charge is 0.442 e. The standard InChI is InChI=1S/C15H18Cl3NO6/c16-15(17,18)13(19)25-14(6-8-4-2-1-3-5-8)12(23)11(22)10(21)9(7-20)24-14/h1-5,9-12,19-23H,6-7H2/t9-,10+,11+,12-,14?/m1/s1. The summed E-state index contributed by atoms with van der Waals surface area (Å²) in [4.78, 5) is 0. The monoisotopic (exact) mass is 413 g/mol. The topological polar surface area (TPSA) is 123 Å². The maximum absolute atomic E-state index is 10.5. The molecule has 1 aliphatic heterocycles. The lowest BCUT2D eigenvalue weighted by Crippen LogP contribution is -2.67. The summed E-state index contributed by atoms with van der Waals surface area (Å²) in [6, 6.07) is 8.63. The van der Waals surface area contributed by atoms with Gasteiger partial charge in [-0.1, -0.05) is 65.1 Å². The van der Waals surface area contributed by atoms with Gasteiger partial charge < -0.3 is 29.9 Å². The van der Waals surface area contributed by atoms with Crippen LogP contribution in [-0.4, -0.2) is 66.9 Å². The van der Waals surface area contributed by atoms with Crippen molar-refractivity contribution in [2.24, 2.45) is 0 Å². The Bertz CT molecular complexity index is 597. The van der Waals surface area contributed by atoms with Crippen LogP contribution in [0.1, 0.15) is 5.56 Å². The molecule has 0 amide bonds. The number of rotatable bonds is 4. The van der Waals surface area contributed by atoms with Crippen LogP contribution in [0.25, 0.3) is 0 Å². The normalized spacial score (nSPS) is 33.1. The van der Waals surface area contributed by atoms with Gasteiger partial charge in [-0.2, -0.15) is 0 Å². The Kier molecular flexibility index (Phi) is 6.56. The first-order chi connectivity index (χ1) is 11.6. The van der Waals surface area contributed by atoms with Crippen molar-refractivity contribution in [2.75, 3.05) is 6.61 Å². The van der Waals surface area contributed by atoms with E-state index in [9.17, 15) is 20.4 Å². The highest BCUT2D eigenvalue weighted by molar-refractivity contribution is 6.76. The number of hydrogen-bond acceptors (Lipinski definition) is 7. The molecule has 1 aromatic rings. The third-order valence-electron chi connectivity index (χ3n) is 3.86. The van der Waals surface area contributed by atoms with Crippen LogP contribution >= 0.6 is 34.8 Å². The SMILES string of the molecule is N=C(OC1(Cc2ccccc2)O[C@H](CO)[C@H](O)[C@H](O)[C@H]1O)C(Cl)(Cl)Cl. The Balaban J connectivity index is 2.41. The summed E-state index contributed by atoms with van der Waals surface area (Å²) >= 11 is 16.9. The fraction of sp³-hybridized carbons (Fsp3) is 0.533. The van der Waals surface area contributed by atoms with E-state index in [-0.39, 0.29) is 6.42 Å². The van der Waals surface area contributed by atoms with E-state index in [4.69, 9.17) is 49.7 Å². The van der Waals surface area contributed by atoms with E-state index in [1.807, 2.05) is 0 Å². The van der Waals surface area contributed by atoms with E-state index in [1.165, 1.54) is 0 Å². The van der Waals surface area contributed by atoms with Gasteiger partial charge in [-0.3, -0.25) is 5.41 Å². The van der Waals surface area contributed by atoms with E-state index in [1.54, 1.807) is 30.3 Å². The van der Waals surface area contributed by atoms with Gasteiger partial charge in [0.05, 0.1) is 6.61 Å². The average molecular weight is 415 g/mol. The molecule has 0 aliphatic carbocycles. The summed E-state index contributed by atoms with van der Waals surface area (Å²) in [5.74, 6) is -2.89. The quantitative estimate of drug-likeness (QED) is 0.282. The minimum absolute atomic E-state index is 0.140. The Morgan fingerprint density at radius 1 is 1.16 bits per heavy atom. The Labute approximate surface area is 159 Å². The van der Waals surface area contributed by atoms with Crippen molar-refractivity contribution in [2.45, 2.75) is 40.4 Å². The summed E-state index contributed by atoms with van der Waals surface area (Å²) < 4.78 is 8.65. The first-order valence-electron chi connectivity index (χ1n) is 7.32. The van der Waals surface area contributed by atoms with Crippen molar-refractivity contribution < 1.29 is 29.9 Å². The molecule has 1 saturated heterocycles. The van der Waals surface area contributed by atoms with Gasteiger partial charge in [-0.25, -0.2) is 0 Å². The Morgan fingerprint density at radius 2 is 1.76 bits per heavy atom. The molecule has 0 saturated carbocycles. The number of alkyl halides is 3. The van der Waals surface area contributed by atoms with E-state index in [2.05, 4.69) is 0 Å². The Hall–Kier alpha value is -0.640. The second kappa shape index (κ2) is 7.94. The number of hydrogen-bond donors (Lipinski definition) is 5. The van der Waals surface area contributed by atoms with Gasteiger partial charge in [0.15, 0.2) is 0 Å². The average Bonchev–Trinajstić information content (AvgIpc) is 2.56. The van der Waals surface area contributed by atoms with Crippen molar-refractivity contribution in [1.29, 1.82) is 5.41 Å². The van der Waals surface area contributed by atoms with Crippen LogP contribution in [-0.2, 0) is 15.9 Å². The lowest BCUT2D eigenvalue weighted by molar-refractivity contribution is -0.342. The van der Waals surface area contributed by atoms with Crippen LogP contribution in [0.2, 0.25) is 0 Å². The number of halogens is 3. The summed E-state index contributed by atoms with van der Waals surface area (Å²) in [5, 5.41) is 47.7. The van der Waals surface area contributed by atoms with Crippen LogP contribution < -0.4 is 0 Å². The smallest absolute Gasteiger partial charge is 0.265 e. The van der Waals surface area contributed by atoms with Gasteiger partial charge >= 0.3 is 0 Å². The van der Waals surface area contributed by atoms with Gasteiger partial charge in [-0.05, 0) is 5.56 Å². The lowest BCUT2D eigenvalue weighted by atomic mass is 9.88. The molecule has 25 heavy (non-hydrogen) atoms. The van der Waals surface area contributed by atoms with Crippen molar-refractivity contribution in [3.05, 3.63) is 35.9 Å². The molecule has 140 valence electrons. The molecule has 1 aliphatic rings. The van der Waals surface area contributed by atoms with Crippen LogP contribution in [0.5, 0.6) is 0 Å². The second-order valence-corrected chi connectivity index (χ2v) is 7.95. The van der Waals surface area contributed by atoms with Crippen LogP contribution in [0.4, 0.5) is 0 Å². The highest BCUT2D eigenvalue weighted by Gasteiger charge is 2.56. The molecular weight excluding hydrogens is 397 g/mol. The van der Waals surface area contributed by atoms with E-state index < -0.39 is 46.5 Å². The predicted molar refractivity (Wildman–Crippen MR) is 92.0 cm³/mol. The van der Waals surface area contributed by atoms with Crippen LogP contribution in [0.15, 0.2) is 30.3 Å². The fourth-order valence-corrected chi connectivity index (χ4v) is 2.70. The molecule has 0 aromatic heterocycles. The van der Waals surface area contributed by atoms with E-state index in [0.29, 0.717) is 5.56 Å². The molecule has 2 rings (SSSR count). The van der Waals surface area contributed by atoms with Crippen LogP contribution in [0.3, 0.4) is 0 Å². The zero-order valence-corrected chi connectivity index (χ0v) is 15.1. The van der Waals surface area contributed by atoms with Crippen molar-refractivity contribution in [1.82, 2.24) is 0 Å². The van der Waals surface area contributed by atoms with Gasteiger partial charge in [0.2, 0.25) is 11.7 Å². The van der Waals surface area contributed by atoms with Crippen molar-refractivity contribution in [3.63, 3.8) is 0 Å². The third-order valence-corrected chi connectivity index (χ3v) is 4.38.